The van der Waals surface area contributed by atoms with Crippen molar-refractivity contribution in [2.45, 2.75) is 19.4 Å². The largest absolute Gasteiger partial charge is 0.356 e. The van der Waals surface area contributed by atoms with Crippen molar-refractivity contribution >= 4 is 17.3 Å². The Morgan fingerprint density at radius 1 is 1.24 bits per heavy atom. The van der Waals surface area contributed by atoms with E-state index in [1.165, 1.54) is 16.0 Å². The summed E-state index contributed by atoms with van der Waals surface area (Å²) >= 11 is 1.85. The number of rotatable bonds is 2. The van der Waals surface area contributed by atoms with Crippen LogP contribution in [0.4, 0.5) is 5.95 Å². The summed E-state index contributed by atoms with van der Waals surface area (Å²) < 4.78 is 2.30. The van der Waals surface area contributed by atoms with E-state index in [1.807, 2.05) is 17.4 Å². The topological polar surface area (TPSA) is 29.9 Å². The monoisotopic (exact) mass is 295 g/mol. The first-order valence-electron chi connectivity index (χ1n) is 7.25. The molecule has 3 nitrogen and oxygen atoms in total. The van der Waals surface area contributed by atoms with E-state index >= 15 is 0 Å². The van der Waals surface area contributed by atoms with Crippen LogP contribution in [0.5, 0.6) is 0 Å². The molecule has 0 aliphatic carbocycles. The number of aryl methyl sites for hydroxylation is 1. The molecule has 3 heterocycles. The highest BCUT2D eigenvalue weighted by atomic mass is 32.1. The number of fused-ring (bicyclic) bond motifs is 1. The zero-order chi connectivity index (χ0) is 14.2. The second kappa shape index (κ2) is 5.04. The third-order valence-electron chi connectivity index (χ3n) is 4.04. The Kier molecular flexibility index (Phi) is 3.04. The third-order valence-corrected chi connectivity index (χ3v) is 5.16. The number of hydrogen-bond acceptors (Lipinski definition) is 3. The predicted molar refractivity (Wildman–Crippen MR) is 88.0 cm³/mol. The van der Waals surface area contributed by atoms with E-state index in [0.717, 1.165) is 24.6 Å². The minimum atomic E-state index is 0.409. The van der Waals surface area contributed by atoms with Crippen LogP contribution in [-0.4, -0.2) is 16.1 Å². The molecule has 1 aromatic carbocycles. The molecular weight excluding hydrogens is 278 g/mol. The standard InChI is InChI=1S/C17H17N3S/c1-12-8-10-21-16(12)15-7-9-18-17-19-14(11-20(15)17)13-5-3-2-4-6-13/h2-6,8,10-11,15H,7,9H2,1H3,(H,18,19). The molecule has 0 radical (unpaired) electrons. The first kappa shape index (κ1) is 12.7. The van der Waals surface area contributed by atoms with Gasteiger partial charge in [0.2, 0.25) is 5.95 Å². The predicted octanol–water partition coefficient (Wildman–Crippen LogP) is 4.33. The van der Waals surface area contributed by atoms with Crippen molar-refractivity contribution in [3.8, 4) is 11.3 Å². The number of nitrogens with zero attached hydrogens (tertiary/aromatic N) is 2. The van der Waals surface area contributed by atoms with E-state index in [1.54, 1.807) is 0 Å². The molecule has 0 bridgehead atoms. The van der Waals surface area contributed by atoms with Gasteiger partial charge in [-0.1, -0.05) is 30.3 Å². The Balaban J connectivity index is 1.79. The molecule has 0 fully saturated rings. The summed E-state index contributed by atoms with van der Waals surface area (Å²) in [5, 5.41) is 5.60. The smallest absolute Gasteiger partial charge is 0.204 e. The maximum atomic E-state index is 4.77. The maximum Gasteiger partial charge on any atom is 0.204 e. The highest BCUT2D eigenvalue weighted by Gasteiger charge is 2.25. The molecule has 4 rings (SSSR count). The van der Waals surface area contributed by atoms with E-state index in [-0.39, 0.29) is 0 Å². The van der Waals surface area contributed by atoms with E-state index < -0.39 is 0 Å². The van der Waals surface area contributed by atoms with Crippen LogP contribution in [0, 0.1) is 6.92 Å². The molecule has 21 heavy (non-hydrogen) atoms. The van der Waals surface area contributed by atoms with Crippen molar-refractivity contribution in [2.75, 3.05) is 11.9 Å². The summed E-state index contributed by atoms with van der Waals surface area (Å²) in [5.41, 5.74) is 3.59. The zero-order valence-corrected chi connectivity index (χ0v) is 12.7. The van der Waals surface area contributed by atoms with Gasteiger partial charge in [0.1, 0.15) is 0 Å². The van der Waals surface area contributed by atoms with Crippen molar-refractivity contribution in [1.82, 2.24) is 9.55 Å². The molecule has 0 amide bonds. The van der Waals surface area contributed by atoms with Gasteiger partial charge in [-0.25, -0.2) is 4.98 Å². The fraction of sp³-hybridized carbons (Fsp3) is 0.235. The quantitative estimate of drug-likeness (QED) is 0.763. The van der Waals surface area contributed by atoms with Crippen LogP contribution in [0.2, 0.25) is 0 Å². The van der Waals surface area contributed by atoms with Crippen LogP contribution >= 0.6 is 11.3 Å². The van der Waals surface area contributed by atoms with E-state index in [9.17, 15) is 0 Å². The van der Waals surface area contributed by atoms with Gasteiger partial charge >= 0.3 is 0 Å². The molecule has 3 aromatic rings. The Morgan fingerprint density at radius 3 is 2.86 bits per heavy atom. The summed E-state index contributed by atoms with van der Waals surface area (Å²) in [7, 11) is 0. The number of imidazole rings is 1. The molecule has 1 unspecified atom stereocenters. The first-order valence-corrected chi connectivity index (χ1v) is 8.13. The third kappa shape index (κ3) is 2.16. The van der Waals surface area contributed by atoms with Crippen LogP contribution in [0.1, 0.15) is 22.9 Å². The molecule has 106 valence electrons. The number of aromatic nitrogens is 2. The maximum absolute atomic E-state index is 4.77. The minimum Gasteiger partial charge on any atom is -0.356 e. The zero-order valence-electron chi connectivity index (χ0n) is 11.9. The van der Waals surface area contributed by atoms with Gasteiger partial charge in [-0.2, -0.15) is 0 Å². The van der Waals surface area contributed by atoms with Gasteiger partial charge in [0, 0.05) is 23.2 Å². The van der Waals surface area contributed by atoms with Gasteiger partial charge in [-0.15, -0.1) is 11.3 Å². The Bertz CT molecular complexity index is 757. The normalized spacial score (nSPS) is 17.3. The fourth-order valence-corrected chi connectivity index (χ4v) is 4.01. The Labute approximate surface area is 128 Å². The van der Waals surface area contributed by atoms with Crippen LogP contribution in [0.15, 0.2) is 48.0 Å². The lowest BCUT2D eigenvalue weighted by molar-refractivity contribution is 0.536. The summed E-state index contributed by atoms with van der Waals surface area (Å²) in [5.74, 6) is 0.984. The highest BCUT2D eigenvalue weighted by Crippen LogP contribution is 2.36. The van der Waals surface area contributed by atoms with Gasteiger partial charge < -0.3 is 9.88 Å². The Hall–Kier alpha value is -2.07. The lowest BCUT2D eigenvalue weighted by Gasteiger charge is -2.25. The number of hydrogen-bond donors (Lipinski definition) is 1. The summed E-state index contributed by atoms with van der Waals surface area (Å²) in [6.07, 6.45) is 3.29. The number of thiophene rings is 1. The lowest BCUT2D eigenvalue weighted by atomic mass is 10.1. The first-order chi connectivity index (χ1) is 10.3. The molecule has 2 aromatic heterocycles. The number of benzene rings is 1. The van der Waals surface area contributed by atoms with Crippen molar-refractivity contribution in [3.63, 3.8) is 0 Å². The molecule has 1 N–H and O–H groups in total. The second-order valence-electron chi connectivity index (χ2n) is 5.42. The molecule has 0 saturated carbocycles. The average molecular weight is 295 g/mol. The molecule has 4 heteroatoms. The minimum absolute atomic E-state index is 0.409. The van der Waals surface area contributed by atoms with Gasteiger partial charge in [0.25, 0.3) is 0 Å². The van der Waals surface area contributed by atoms with E-state index in [2.05, 4.69) is 58.7 Å². The SMILES string of the molecule is Cc1ccsc1C1CCNc2nc(-c3ccccc3)cn21. The molecule has 0 saturated heterocycles. The van der Waals surface area contributed by atoms with Crippen LogP contribution < -0.4 is 5.32 Å². The molecule has 1 atom stereocenters. The fourth-order valence-electron chi connectivity index (χ4n) is 2.95. The molecular formula is C17H17N3S. The van der Waals surface area contributed by atoms with Gasteiger partial charge in [-0.3, -0.25) is 0 Å². The molecule has 1 aliphatic heterocycles. The van der Waals surface area contributed by atoms with Crippen LogP contribution in [0.25, 0.3) is 11.3 Å². The summed E-state index contributed by atoms with van der Waals surface area (Å²) in [6, 6.07) is 13.0. The van der Waals surface area contributed by atoms with Crippen LogP contribution in [-0.2, 0) is 0 Å². The van der Waals surface area contributed by atoms with Crippen molar-refractivity contribution in [1.29, 1.82) is 0 Å². The van der Waals surface area contributed by atoms with E-state index in [0.29, 0.717) is 6.04 Å². The van der Waals surface area contributed by atoms with Crippen molar-refractivity contribution < 1.29 is 0 Å². The van der Waals surface area contributed by atoms with Crippen molar-refractivity contribution in [2.24, 2.45) is 0 Å². The van der Waals surface area contributed by atoms with Crippen molar-refractivity contribution in [3.05, 3.63) is 58.4 Å². The average Bonchev–Trinajstić information content (AvgIpc) is 3.14. The Morgan fingerprint density at radius 2 is 2.10 bits per heavy atom. The number of nitrogens with one attached hydrogen (secondary N) is 1. The van der Waals surface area contributed by atoms with Gasteiger partial charge in [-0.05, 0) is 30.4 Å². The highest BCUT2D eigenvalue weighted by molar-refractivity contribution is 7.10. The lowest BCUT2D eigenvalue weighted by Crippen LogP contribution is -2.23. The second-order valence-corrected chi connectivity index (χ2v) is 6.37. The van der Waals surface area contributed by atoms with Crippen LogP contribution in [0.3, 0.4) is 0 Å². The van der Waals surface area contributed by atoms with Gasteiger partial charge in [0.05, 0.1) is 11.7 Å². The summed E-state index contributed by atoms with van der Waals surface area (Å²) in [6.45, 7) is 3.18. The van der Waals surface area contributed by atoms with E-state index in [4.69, 9.17) is 4.98 Å². The number of anilines is 1. The van der Waals surface area contributed by atoms with Gasteiger partial charge in [0.15, 0.2) is 0 Å². The summed E-state index contributed by atoms with van der Waals surface area (Å²) in [4.78, 5) is 6.22. The molecule has 1 aliphatic rings. The molecule has 0 spiro atoms.